The van der Waals surface area contributed by atoms with Gasteiger partial charge in [-0.2, -0.15) is 0 Å². The van der Waals surface area contributed by atoms with Crippen LogP contribution in [0.5, 0.6) is 11.5 Å². The molecule has 0 fully saturated rings. The second-order valence-electron chi connectivity index (χ2n) is 2.98. The van der Waals surface area contributed by atoms with Gasteiger partial charge in [-0.25, -0.2) is 0 Å². The van der Waals surface area contributed by atoms with Gasteiger partial charge in [-0.15, -0.1) is 11.3 Å². The molecule has 14 heavy (non-hydrogen) atoms. The van der Waals surface area contributed by atoms with Crippen LogP contribution in [-0.2, 0) is 0 Å². The highest BCUT2D eigenvalue weighted by atomic mass is 32.1. The molecule has 1 aliphatic rings. The molecule has 1 aromatic carbocycles. The summed E-state index contributed by atoms with van der Waals surface area (Å²) < 4.78 is 11.6. The number of benzene rings is 1. The van der Waals surface area contributed by atoms with E-state index in [0.29, 0.717) is 4.88 Å². The smallest absolute Gasteiger partial charge is 0.231 e. The predicted octanol–water partition coefficient (Wildman–Crippen LogP) is 2.44. The number of hydrogen-bond donors (Lipinski definition) is 0. The third-order valence-corrected chi connectivity index (χ3v) is 3.19. The lowest BCUT2D eigenvalue weighted by Gasteiger charge is -1.95. The normalized spacial score (nSPS) is 13.4. The zero-order valence-electron chi connectivity index (χ0n) is 7.15. The predicted molar refractivity (Wildman–Crippen MR) is 53.3 cm³/mol. The molecule has 0 atom stereocenters. The maximum Gasteiger partial charge on any atom is 0.231 e. The van der Waals surface area contributed by atoms with Crippen molar-refractivity contribution < 1.29 is 14.3 Å². The number of carbonyl (C=O) groups excluding carboxylic acids is 1. The van der Waals surface area contributed by atoms with Crippen molar-refractivity contribution in [1.29, 1.82) is 0 Å². The van der Waals surface area contributed by atoms with Crippen molar-refractivity contribution >= 4 is 27.7 Å². The SMILES string of the molecule is O=Cc1cc2c3c(ccc2s1)OCO3. The molecular formula is C10H6O3S. The van der Waals surface area contributed by atoms with E-state index < -0.39 is 0 Å². The fourth-order valence-electron chi connectivity index (χ4n) is 1.56. The van der Waals surface area contributed by atoms with Gasteiger partial charge in [0.25, 0.3) is 0 Å². The molecule has 2 heterocycles. The number of hydrogen-bond acceptors (Lipinski definition) is 4. The molecule has 0 amide bonds. The van der Waals surface area contributed by atoms with Crippen LogP contribution in [0.1, 0.15) is 9.67 Å². The monoisotopic (exact) mass is 206 g/mol. The Balaban J connectivity index is 2.36. The van der Waals surface area contributed by atoms with Crippen LogP contribution in [0.2, 0.25) is 0 Å². The average molecular weight is 206 g/mol. The summed E-state index contributed by atoms with van der Waals surface area (Å²) in [5.41, 5.74) is 0. The maximum atomic E-state index is 10.6. The first kappa shape index (κ1) is 7.82. The van der Waals surface area contributed by atoms with Gasteiger partial charge in [0, 0.05) is 10.1 Å². The lowest BCUT2D eigenvalue weighted by molar-refractivity contribution is 0.112. The number of rotatable bonds is 1. The summed E-state index contributed by atoms with van der Waals surface area (Å²) in [6.45, 7) is 0.265. The van der Waals surface area contributed by atoms with E-state index in [1.54, 1.807) is 0 Å². The summed E-state index contributed by atoms with van der Waals surface area (Å²) >= 11 is 1.46. The fraction of sp³-hybridized carbons (Fsp3) is 0.100. The summed E-state index contributed by atoms with van der Waals surface area (Å²) in [7, 11) is 0. The van der Waals surface area contributed by atoms with E-state index in [2.05, 4.69) is 0 Å². The van der Waals surface area contributed by atoms with Crippen LogP contribution in [-0.4, -0.2) is 13.1 Å². The number of fused-ring (bicyclic) bond motifs is 3. The quantitative estimate of drug-likeness (QED) is 0.672. The van der Waals surface area contributed by atoms with E-state index >= 15 is 0 Å². The van der Waals surface area contributed by atoms with Crippen molar-refractivity contribution in [3.63, 3.8) is 0 Å². The fourth-order valence-corrected chi connectivity index (χ4v) is 2.43. The Hall–Kier alpha value is -1.55. The standard InChI is InChI=1S/C10H6O3S/c11-4-6-3-7-9(14-6)2-1-8-10(7)13-5-12-8/h1-4H,5H2. The highest BCUT2D eigenvalue weighted by Gasteiger charge is 2.17. The van der Waals surface area contributed by atoms with E-state index in [1.807, 2.05) is 18.2 Å². The van der Waals surface area contributed by atoms with Crippen LogP contribution in [0.4, 0.5) is 0 Å². The van der Waals surface area contributed by atoms with Gasteiger partial charge in [0.05, 0.1) is 4.88 Å². The third-order valence-electron chi connectivity index (χ3n) is 2.17. The lowest BCUT2D eigenvalue weighted by atomic mass is 10.2. The summed E-state index contributed by atoms with van der Waals surface area (Å²) in [6.07, 6.45) is 0.854. The highest BCUT2D eigenvalue weighted by Crippen LogP contribution is 2.41. The van der Waals surface area contributed by atoms with Crippen LogP contribution in [0, 0.1) is 0 Å². The Morgan fingerprint density at radius 2 is 2.29 bits per heavy atom. The van der Waals surface area contributed by atoms with E-state index in [9.17, 15) is 4.79 Å². The minimum absolute atomic E-state index is 0.265. The maximum absolute atomic E-state index is 10.6. The van der Waals surface area contributed by atoms with Crippen molar-refractivity contribution in [3.8, 4) is 11.5 Å². The first-order valence-corrected chi connectivity index (χ1v) is 4.97. The second-order valence-corrected chi connectivity index (χ2v) is 4.09. The van der Waals surface area contributed by atoms with Crippen LogP contribution >= 0.6 is 11.3 Å². The summed E-state index contributed by atoms with van der Waals surface area (Å²) in [5.74, 6) is 1.51. The van der Waals surface area contributed by atoms with Gasteiger partial charge < -0.3 is 9.47 Å². The second kappa shape index (κ2) is 2.72. The third kappa shape index (κ3) is 0.943. The Bertz CT molecular complexity index is 515. The molecule has 0 saturated heterocycles. The van der Waals surface area contributed by atoms with Crippen LogP contribution in [0.15, 0.2) is 18.2 Å². The van der Waals surface area contributed by atoms with Crippen LogP contribution in [0.25, 0.3) is 10.1 Å². The van der Waals surface area contributed by atoms with Gasteiger partial charge in [0.15, 0.2) is 17.8 Å². The lowest BCUT2D eigenvalue weighted by Crippen LogP contribution is -1.93. The number of ether oxygens (including phenoxy) is 2. The average Bonchev–Trinajstić information content (AvgIpc) is 2.82. The van der Waals surface area contributed by atoms with E-state index in [4.69, 9.17) is 9.47 Å². The van der Waals surface area contributed by atoms with Crippen LogP contribution < -0.4 is 9.47 Å². The molecular weight excluding hydrogens is 200 g/mol. The first-order valence-electron chi connectivity index (χ1n) is 4.16. The zero-order chi connectivity index (χ0) is 9.54. The first-order chi connectivity index (χ1) is 6.88. The molecule has 0 saturated carbocycles. The molecule has 2 aromatic rings. The Morgan fingerprint density at radius 3 is 3.14 bits per heavy atom. The molecule has 0 spiro atoms. The zero-order valence-corrected chi connectivity index (χ0v) is 7.97. The van der Waals surface area contributed by atoms with Crippen molar-refractivity contribution in [2.45, 2.75) is 0 Å². The molecule has 0 N–H and O–H groups in total. The molecule has 3 nitrogen and oxygen atoms in total. The Labute approximate surface area is 83.9 Å². The minimum Gasteiger partial charge on any atom is -0.454 e. The number of carbonyl (C=O) groups is 1. The number of thiophene rings is 1. The Kier molecular flexibility index (Phi) is 1.52. The molecule has 0 radical (unpaired) electrons. The van der Waals surface area contributed by atoms with E-state index in [0.717, 1.165) is 27.9 Å². The van der Waals surface area contributed by atoms with Gasteiger partial charge in [-0.1, -0.05) is 0 Å². The molecule has 0 unspecified atom stereocenters. The minimum atomic E-state index is 0.265. The molecule has 3 rings (SSSR count). The van der Waals surface area contributed by atoms with Gasteiger partial charge in [0.2, 0.25) is 6.79 Å². The van der Waals surface area contributed by atoms with Crippen molar-refractivity contribution in [3.05, 3.63) is 23.1 Å². The van der Waals surface area contributed by atoms with E-state index in [1.165, 1.54) is 11.3 Å². The summed E-state index contributed by atoms with van der Waals surface area (Å²) in [5, 5.41) is 0.965. The van der Waals surface area contributed by atoms with E-state index in [-0.39, 0.29) is 6.79 Å². The van der Waals surface area contributed by atoms with Gasteiger partial charge in [-0.3, -0.25) is 4.79 Å². The highest BCUT2D eigenvalue weighted by molar-refractivity contribution is 7.20. The molecule has 1 aliphatic heterocycles. The summed E-state index contributed by atoms with van der Waals surface area (Å²) in [4.78, 5) is 11.3. The number of aldehydes is 1. The molecule has 1 aromatic heterocycles. The molecule has 70 valence electrons. The van der Waals surface area contributed by atoms with Crippen molar-refractivity contribution in [2.24, 2.45) is 0 Å². The van der Waals surface area contributed by atoms with Crippen molar-refractivity contribution in [2.75, 3.05) is 6.79 Å². The Morgan fingerprint density at radius 1 is 1.36 bits per heavy atom. The van der Waals surface area contributed by atoms with Gasteiger partial charge in [0.1, 0.15) is 0 Å². The topological polar surface area (TPSA) is 35.5 Å². The largest absolute Gasteiger partial charge is 0.454 e. The van der Waals surface area contributed by atoms with Gasteiger partial charge >= 0.3 is 0 Å². The molecule has 4 heteroatoms. The van der Waals surface area contributed by atoms with Gasteiger partial charge in [-0.05, 0) is 18.2 Å². The molecule has 0 bridgehead atoms. The summed E-state index contributed by atoms with van der Waals surface area (Å²) in [6, 6.07) is 5.65. The van der Waals surface area contributed by atoms with Crippen LogP contribution in [0.3, 0.4) is 0 Å². The molecule has 0 aliphatic carbocycles. The van der Waals surface area contributed by atoms with Crippen molar-refractivity contribution in [1.82, 2.24) is 0 Å².